The van der Waals surface area contributed by atoms with Gasteiger partial charge in [0, 0.05) is 12.5 Å². The van der Waals surface area contributed by atoms with E-state index in [9.17, 15) is 4.79 Å². The predicted octanol–water partition coefficient (Wildman–Crippen LogP) is 1.05. The molecule has 0 saturated carbocycles. The Hall–Kier alpha value is -1.75. The number of carbonyl (C=O) groups excluding carboxylic acids is 1. The molecule has 0 aliphatic carbocycles. The van der Waals surface area contributed by atoms with Crippen molar-refractivity contribution < 1.29 is 14.3 Å². The monoisotopic (exact) mass is 266 g/mol. The van der Waals surface area contributed by atoms with Gasteiger partial charge >= 0.3 is 0 Å². The van der Waals surface area contributed by atoms with Crippen LogP contribution in [0.15, 0.2) is 24.3 Å². The summed E-state index contributed by atoms with van der Waals surface area (Å²) in [7, 11) is 3.36. The van der Waals surface area contributed by atoms with Crippen LogP contribution >= 0.6 is 0 Å². The van der Waals surface area contributed by atoms with Crippen LogP contribution in [0.2, 0.25) is 0 Å². The Morgan fingerprint density at radius 2 is 2.00 bits per heavy atom. The van der Waals surface area contributed by atoms with Gasteiger partial charge in [-0.25, -0.2) is 0 Å². The minimum atomic E-state index is -0.00774. The predicted molar refractivity (Wildman–Crippen MR) is 74.6 cm³/mol. The van der Waals surface area contributed by atoms with E-state index in [0.29, 0.717) is 25.4 Å². The van der Waals surface area contributed by atoms with Gasteiger partial charge in [-0.3, -0.25) is 4.79 Å². The molecule has 1 amide bonds. The molecule has 0 aromatic heterocycles. The fourth-order valence-corrected chi connectivity index (χ4v) is 1.54. The number of likely N-dealkylation sites (N-methyl/N-ethyl adjacent to an activating group) is 1. The van der Waals surface area contributed by atoms with E-state index in [1.165, 1.54) is 0 Å². The maximum absolute atomic E-state index is 11.3. The van der Waals surface area contributed by atoms with Crippen molar-refractivity contribution in [3.63, 3.8) is 0 Å². The molecule has 0 aliphatic heterocycles. The van der Waals surface area contributed by atoms with Crippen LogP contribution in [0.1, 0.15) is 6.92 Å². The Balaban J connectivity index is 2.33. The van der Waals surface area contributed by atoms with E-state index in [2.05, 4.69) is 10.6 Å². The maximum Gasteiger partial charge on any atom is 0.233 e. The van der Waals surface area contributed by atoms with Crippen LogP contribution in [-0.2, 0) is 4.79 Å². The van der Waals surface area contributed by atoms with E-state index < -0.39 is 0 Å². The van der Waals surface area contributed by atoms with Gasteiger partial charge in [-0.2, -0.15) is 0 Å². The van der Waals surface area contributed by atoms with Gasteiger partial charge in [-0.15, -0.1) is 0 Å². The molecule has 19 heavy (non-hydrogen) atoms. The molecule has 1 aromatic rings. The van der Waals surface area contributed by atoms with Gasteiger partial charge in [0.1, 0.15) is 0 Å². The molecule has 5 heteroatoms. The lowest BCUT2D eigenvalue weighted by Crippen LogP contribution is -2.36. The summed E-state index contributed by atoms with van der Waals surface area (Å²) in [6.45, 7) is 3.48. The van der Waals surface area contributed by atoms with Crippen molar-refractivity contribution in [2.45, 2.75) is 6.92 Å². The molecule has 1 aromatic carbocycles. The molecule has 1 unspecified atom stereocenters. The second-order valence-electron chi connectivity index (χ2n) is 4.40. The molecule has 5 nitrogen and oxygen atoms in total. The number of rotatable bonds is 8. The highest BCUT2D eigenvalue weighted by atomic mass is 16.5. The normalized spacial score (nSPS) is 11.7. The summed E-state index contributed by atoms with van der Waals surface area (Å²) in [6, 6.07) is 7.52. The number of hydrogen-bond donors (Lipinski definition) is 2. The molecule has 0 heterocycles. The highest BCUT2D eigenvalue weighted by molar-refractivity contribution is 5.77. The molecule has 1 atom stereocenters. The molecule has 0 aliphatic rings. The summed E-state index contributed by atoms with van der Waals surface area (Å²) in [5.41, 5.74) is 0. The van der Waals surface area contributed by atoms with Crippen molar-refractivity contribution in [3.8, 4) is 11.5 Å². The smallest absolute Gasteiger partial charge is 0.233 e. The molecule has 2 N–H and O–H groups in total. The van der Waals surface area contributed by atoms with Crippen LogP contribution in [0.3, 0.4) is 0 Å². The van der Waals surface area contributed by atoms with Crippen LogP contribution in [-0.4, -0.2) is 39.8 Å². The molecule has 0 bridgehead atoms. The SMILES string of the molecule is CNCC(=O)NCC(C)COc1ccccc1OC. The average Bonchev–Trinajstić information content (AvgIpc) is 2.43. The standard InChI is InChI=1S/C14H22N2O3/c1-11(8-16-14(17)9-15-2)10-19-13-7-5-4-6-12(13)18-3/h4-7,11,15H,8-10H2,1-3H3,(H,16,17). The molecular formula is C14H22N2O3. The van der Waals surface area contributed by atoms with Crippen molar-refractivity contribution in [2.75, 3.05) is 33.9 Å². The van der Waals surface area contributed by atoms with Gasteiger partial charge in [-0.05, 0) is 19.2 Å². The lowest BCUT2D eigenvalue weighted by atomic mass is 10.2. The summed E-state index contributed by atoms with van der Waals surface area (Å²) < 4.78 is 10.9. The molecule has 0 saturated heterocycles. The number of benzene rings is 1. The number of para-hydroxylation sites is 2. The number of hydrogen-bond acceptors (Lipinski definition) is 4. The third kappa shape index (κ3) is 5.61. The number of amides is 1. The third-order valence-corrected chi connectivity index (χ3v) is 2.58. The number of carbonyl (C=O) groups is 1. The van der Waals surface area contributed by atoms with Crippen LogP contribution in [0.5, 0.6) is 11.5 Å². The van der Waals surface area contributed by atoms with Gasteiger partial charge in [0.25, 0.3) is 0 Å². The Labute approximate surface area is 114 Å². The van der Waals surface area contributed by atoms with Crippen LogP contribution < -0.4 is 20.1 Å². The van der Waals surface area contributed by atoms with E-state index in [-0.39, 0.29) is 11.8 Å². The Morgan fingerprint density at radius 3 is 2.63 bits per heavy atom. The van der Waals surface area contributed by atoms with E-state index in [1.54, 1.807) is 14.2 Å². The summed E-state index contributed by atoms with van der Waals surface area (Å²) >= 11 is 0. The lowest BCUT2D eigenvalue weighted by Gasteiger charge is -2.15. The lowest BCUT2D eigenvalue weighted by molar-refractivity contribution is -0.120. The Bertz CT molecular complexity index is 396. The maximum atomic E-state index is 11.3. The molecular weight excluding hydrogens is 244 g/mol. The van der Waals surface area contributed by atoms with Crippen molar-refractivity contribution >= 4 is 5.91 Å². The Kier molecular flexibility index (Phi) is 6.74. The van der Waals surface area contributed by atoms with Crippen molar-refractivity contribution in [3.05, 3.63) is 24.3 Å². The van der Waals surface area contributed by atoms with Gasteiger partial charge in [0.15, 0.2) is 11.5 Å². The Morgan fingerprint density at radius 1 is 1.32 bits per heavy atom. The third-order valence-electron chi connectivity index (χ3n) is 2.58. The first-order chi connectivity index (χ1) is 9.17. The molecule has 1 rings (SSSR count). The minimum Gasteiger partial charge on any atom is -0.493 e. The minimum absolute atomic E-state index is 0.00774. The molecule has 0 radical (unpaired) electrons. The quantitative estimate of drug-likeness (QED) is 0.738. The zero-order valence-electron chi connectivity index (χ0n) is 11.7. The second kappa shape index (κ2) is 8.37. The number of ether oxygens (including phenoxy) is 2. The number of methoxy groups -OCH3 is 1. The second-order valence-corrected chi connectivity index (χ2v) is 4.40. The van der Waals surface area contributed by atoms with Gasteiger partial charge in [0.05, 0.1) is 20.3 Å². The fourth-order valence-electron chi connectivity index (χ4n) is 1.54. The molecule has 0 fully saturated rings. The highest BCUT2D eigenvalue weighted by Crippen LogP contribution is 2.25. The highest BCUT2D eigenvalue weighted by Gasteiger charge is 2.08. The van der Waals surface area contributed by atoms with E-state index in [0.717, 1.165) is 5.75 Å². The summed E-state index contributed by atoms with van der Waals surface area (Å²) in [6.07, 6.45) is 0. The molecule has 0 spiro atoms. The van der Waals surface area contributed by atoms with Crippen LogP contribution in [0, 0.1) is 5.92 Å². The summed E-state index contributed by atoms with van der Waals surface area (Å²) in [5, 5.41) is 5.64. The first kappa shape index (κ1) is 15.3. The first-order valence-corrected chi connectivity index (χ1v) is 6.34. The van der Waals surface area contributed by atoms with Crippen LogP contribution in [0.4, 0.5) is 0 Å². The largest absolute Gasteiger partial charge is 0.493 e. The number of nitrogens with one attached hydrogen (secondary N) is 2. The van der Waals surface area contributed by atoms with Crippen LogP contribution in [0.25, 0.3) is 0 Å². The fraction of sp³-hybridized carbons (Fsp3) is 0.500. The van der Waals surface area contributed by atoms with Gasteiger partial charge < -0.3 is 20.1 Å². The zero-order valence-corrected chi connectivity index (χ0v) is 11.7. The summed E-state index contributed by atoms with van der Waals surface area (Å²) in [5.74, 6) is 1.66. The first-order valence-electron chi connectivity index (χ1n) is 6.34. The van der Waals surface area contributed by atoms with Crippen molar-refractivity contribution in [1.29, 1.82) is 0 Å². The van der Waals surface area contributed by atoms with Crippen molar-refractivity contribution in [2.24, 2.45) is 5.92 Å². The van der Waals surface area contributed by atoms with E-state index >= 15 is 0 Å². The van der Waals surface area contributed by atoms with Gasteiger partial charge in [-0.1, -0.05) is 19.1 Å². The van der Waals surface area contributed by atoms with E-state index in [1.807, 2.05) is 31.2 Å². The van der Waals surface area contributed by atoms with Gasteiger partial charge in [0.2, 0.25) is 5.91 Å². The topological polar surface area (TPSA) is 59.6 Å². The summed E-state index contributed by atoms with van der Waals surface area (Å²) in [4.78, 5) is 11.3. The van der Waals surface area contributed by atoms with Crippen molar-refractivity contribution in [1.82, 2.24) is 10.6 Å². The zero-order chi connectivity index (χ0) is 14.1. The van der Waals surface area contributed by atoms with E-state index in [4.69, 9.17) is 9.47 Å². The molecule has 106 valence electrons. The average molecular weight is 266 g/mol.